The highest BCUT2D eigenvalue weighted by Gasteiger charge is 2.20. The van der Waals surface area contributed by atoms with Crippen LogP contribution in [0.3, 0.4) is 0 Å². The highest BCUT2D eigenvalue weighted by Crippen LogP contribution is 2.13. The summed E-state index contributed by atoms with van der Waals surface area (Å²) in [6, 6.07) is 1.34. The maximum absolute atomic E-state index is 12.3. The fourth-order valence-corrected chi connectivity index (χ4v) is 3.64. The van der Waals surface area contributed by atoms with E-state index in [0.717, 1.165) is 30.2 Å². The number of aromatic nitrogens is 3. The molecule has 0 aliphatic carbocycles. The van der Waals surface area contributed by atoms with Gasteiger partial charge in [-0.15, -0.1) is 12.4 Å². The van der Waals surface area contributed by atoms with Crippen LogP contribution in [-0.2, 0) is 17.1 Å². The summed E-state index contributed by atoms with van der Waals surface area (Å²) in [5.74, 6) is 0. The molecule has 0 radical (unpaired) electrons. The number of aromatic amines is 1. The molecule has 2 aromatic rings. The van der Waals surface area contributed by atoms with Crippen molar-refractivity contribution in [2.75, 3.05) is 13.1 Å². The number of nitrogens with zero attached hydrogens (tertiary/aromatic N) is 2. The van der Waals surface area contributed by atoms with Crippen LogP contribution in [0.4, 0.5) is 0 Å². The van der Waals surface area contributed by atoms with Crippen LogP contribution in [0.25, 0.3) is 11.0 Å². The lowest BCUT2D eigenvalue weighted by Gasteiger charge is -2.12. The number of rotatable bonds is 4. The lowest BCUT2D eigenvalue weighted by Crippen LogP contribution is -2.37. The normalized spacial score (nSPS) is 17.8. The van der Waals surface area contributed by atoms with Gasteiger partial charge in [-0.1, -0.05) is 0 Å². The maximum Gasteiger partial charge on any atom is 0.329 e. The van der Waals surface area contributed by atoms with Crippen molar-refractivity contribution in [3.05, 3.63) is 33.1 Å². The zero-order valence-electron chi connectivity index (χ0n) is 12.9. The summed E-state index contributed by atoms with van der Waals surface area (Å²) in [6.45, 7) is 1.16. The van der Waals surface area contributed by atoms with Gasteiger partial charge in [-0.05, 0) is 25.5 Å². The molecule has 132 valence electrons. The standard InChI is InChI=1S/C13H17N5O4S.ClH/c1-18-11-10(12(19)17-13(18)20)5-9(7-15-11)23(21,22)16-6-8-3-2-4-14-8;/h5,7-8,14,16H,2-4,6H2,1H3,(H,17,19,20);1H. The van der Waals surface area contributed by atoms with Gasteiger partial charge in [-0.3, -0.25) is 14.3 Å². The molecule has 1 atom stereocenters. The Morgan fingerprint density at radius 3 is 2.83 bits per heavy atom. The summed E-state index contributed by atoms with van der Waals surface area (Å²) in [5, 5.41) is 3.25. The quantitative estimate of drug-likeness (QED) is 0.634. The second-order valence-corrected chi connectivity index (χ2v) is 7.27. The van der Waals surface area contributed by atoms with E-state index in [0.29, 0.717) is 0 Å². The van der Waals surface area contributed by atoms with E-state index in [9.17, 15) is 18.0 Å². The molecule has 3 heterocycles. The fourth-order valence-electron chi connectivity index (χ4n) is 2.59. The third kappa shape index (κ3) is 3.51. The minimum Gasteiger partial charge on any atom is -0.313 e. The average Bonchev–Trinajstić information content (AvgIpc) is 3.04. The van der Waals surface area contributed by atoms with E-state index in [1.807, 2.05) is 0 Å². The molecule has 0 amide bonds. The summed E-state index contributed by atoms with van der Waals surface area (Å²) in [7, 11) is -2.32. The molecule has 2 aromatic heterocycles. The SMILES string of the molecule is Cl.Cn1c(=O)[nH]c(=O)c2cc(S(=O)(=O)NCC3CCCN3)cnc21. The third-order valence-corrected chi connectivity index (χ3v) is 5.31. The Hall–Kier alpha value is -1.75. The Kier molecular flexibility index (Phi) is 5.43. The molecule has 9 nitrogen and oxygen atoms in total. The number of aryl methyl sites for hydroxylation is 1. The molecule has 1 saturated heterocycles. The van der Waals surface area contributed by atoms with Crippen LogP contribution >= 0.6 is 12.4 Å². The van der Waals surface area contributed by atoms with Crippen molar-refractivity contribution in [1.82, 2.24) is 24.6 Å². The van der Waals surface area contributed by atoms with Gasteiger partial charge in [-0.25, -0.2) is 22.9 Å². The van der Waals surface area contributed by atoms with Gasteiger partial charge in [-0.2, -0.15) is 0 Å². The first-order valence-electron chi connectivity index (χ1n) is 7.20. The topological polar surface area (TPSA) is 126 Å². The number of halogens is 1. The molecule has 1 aliphatic rings. The van der Waals surface area contributed by atoms with Gasteiger partial charge in [0.15, 0.2) is 0 Å². The maximum atomic E-state index is 12.3. The van der Waals surface area contributed by atoms with Gasteiger partial charge >= 0.3 is 5.69 Å². The number of sulfonamides is 1. The summed E-state index contributed by atoms with van der Waals surface area (Å²) in [5.41, 5.74) is -1.13. The molecule has 1 unspecified atom stereocenters. The van der Waals surface area contributed by atoms with Crippen LogP contribution in [0, 0.1) is 0 Å². The molecular weight excluding hydrogens is 358 g/mol. The average molecular weight is 376 g/mol. The van der Waals surface area contributed by atoms with E-state index in [-0.39, 0.29) is 40.9 Å². The van der Waals surface area contributed by atoms with Crippen LogP contribution < -0.4 is 21.3 Å². The highest BCUT2D eigenvalue weighted by atomic mass is 35.5. The van der Waals surface area contributed by atoms with E-state index in [4.69, 9.17) is 0 Å². The molecule has 3 rings (SSSR count). The zero-order chi connectivity index (χ0) is 16.6. The summed E-state index contributed by atoms with van der Waals surface area (Å²) in [6.07, 6.45) is 3.08. The van der Waals surface area contributed by atoms with Crippen LogP contribution in [0.5, 0.6) is 0 Å². The van der Waals surface area contributed by atoms with E-state index < -0.39 is 21.3 Å². The third-order valence-electron chi connectivity index (χ3n) is 3.92. The Morgan fingerprint density at radius 2 is 2.17 bits per heavy atom. The fraction of sp³-hybridized carbons (Fsp3) is 0.462. The second kappa shape index (κ2) is 7.01. The number of pyridine rings is 1. The molecule has 0 saturated carbocycles. The predicted molar refractivity (Wildman–Crippen MR) is 91.1 cm³/mol. The zero-order valence-corrected chi connectivity index (χ0v) is 14.5. The van der Waals surface area contributed by atoms with Gasteiger partial charge in [0.05, 0.1) is 5.39 Å². The molecule has 11 heteroatoms. The second-order valence-electron chi connectivity index (χ2n) is 5.51. The first-order valence-corrected chi connectivity index (χ1v) is 8.69. The highest BCUT2D eigenvalue weighted by molar-refractivity contribution is 7.89. The molecular formula is C13H18ClN5O4S. The van der Waals surface area contributed by atoms with Gasteiger partial charge < -0.3 is 5.32 Å². The van der Waals surface area contributed by atoms with Crippen molar-refractivity contribution in [3.8, 4) is 0 Å². The van der Waals surface area contributed by atoms with Crippen molar-refractivity contribution in [2.24, 2.45) is 7.05 Å². The van der Waals surface area contributed by atoms with Crippen LogP contribution in [0.2, 0.25) is 0 Å². The molecule has 0 spiro atoms. The van der Waals surface area contributed by atoms with Gasteiger partial charge in [0, 0.05) is 25.8 Å². The van der Waals surface area contributed by atoms with Crippen LogP contribution in [0.1, 0.15) is 12.8 Å². The van der Waals surface area contributed by atoms with Crippen molar-refractivity contribution >= 4 is 33.5 Å². The smallest absolute Gasteiger partial charge is 0.313 e. The van der Waals surface area contributed by atoms with Crippen molar-refractivity contribution in [1.29, 1.82) is 0 Å². The molecule has 24 heavy (non-hydrogen) atoms. The largest absolute Gasteiger partial charge is 0.329 e. The molecule has 0 aromatic carbocycles. The summed E-state index contributed by atoms with van der Waals surface area (Å²) in [4.78, 5) is 29.4. The predicted octanol–water partition coefficient (Wildman–Crippen LogP) is -0.926. The van der Waals surface area contributed by atoms with E-state index in [1.54, 1.807) is 0 Å². The number of hydrogen-bond donors (Lipinski definition) is 3. The van der Waals surface area contributed by atoms with E-state index in [2.05, 4.69) is 20.0 Å². The van der Waals surface area contributed by atoms with Crippen molar-refractivity contribution < 1.29 is 8.42 Å². The van der Waals surface area contributed by atoms with Gasteiger partial charge in [0.25, 0.3) is 5.56 Å². The molecule has 0 bridgehead atoms. The minimum atomic E-state index is -3.77. The first kappa shape index (κ1) is 18.6. The van der Waals surface area contributed by atoms with Crippen LogP contribution in [-0.4, -0.2) is 42.1 Å². The Morgan fingerprint density at radius 1 is 1.42 bits per heavy atom. The first-order chi connectivity index (χ1) is 10.9. The lowest BCUT2D eigenvalue weighted by atomic mass is 10.2. The Labute approximate surface area is 144 Å². The van der Waals surface area contributed by atoms with Crippen molar-refractivity contribution in [2.45, 2.75) is 23.8 Å². The van der Waals surface area contributed by atoms with Crippen molar-refractivity contribution in [3.63, 3.8) is 0 Å². The summed E-state index contributed by atoms with van der Waals surface area (Å²) < 4.78 is 28.3. The van der Waals surface area contributed by atoms with E-state index >= 15 is 0 Å². The van der Waals surface area contributed by atoms with Crippen LogP contribution in [0.15, 0.2) is 26.7 Å². The number of hydrogen-bond acceptors (Lipinski definition) is 6. The lowest BCUT2D eigenvalue weighted by molar-refractivity contribution is 0.551. The molecule has 1 aliphatic heterocycles. The molecule has 3 N–H and O–H groups in total. The van der Waals surface area contributed by atoms with E-state index in [1.165, 1.54) is 13.1 Å². The Bertz CT molecular complexity index is 962. The monoisotopic (exact) mass is 375 g/mol. The number of fused-ring (bicyclic) bond motifs is 1. The van der Waals surface area contributed by atoms with Gasteiger partial charge in [0.2, 0.25) is 10.0 Å². The molecule has 1 fully saturated rings. The Balaban J connectivity index is 0.00000208. The summed E-state index contributed by atoms with van der Waals surface area (Å²) >= 11 is 0. The minimum absolute atomic E-state index is 0. The number of nitrogens with one attached hydrogen (secondary N) is 3. The van der Waals surface area contributed by atoms with Gasteiger partial charge in [0.1, 0.15) is 10.5 Å². The number of H-pyrrole nitrogens is 1.